The van der Waals surface area contributed by atoms with E-state index in [0.29, 0.717) is 29.4 Å². The zero-order valence-corrected chi connectivity index (χ0v) is 14.6. The van der Waals surface area contributed by atoms with Gasteiger partial charge in [-0.05, 0) is 33.2 Å². The summed E-state index contributed by atoms with van der Waals surface area (Å²) in [6.45, 7) is 10.6. The molecule has 0 spiro atoms. The molecule has 6 nitrogen and oxygen atoms in total. The summed E-state index contributed by atoms with van der Waals surface area (Å²) in [6, 6.07) is 0. The molecule has 1 N–H and O–H groups in total. The fraction of sp³-hybridized carbons (Fsp3) is 0.786. The van der Waals surface area contributed by atoms with Crippen LogP contribution >= 0.6 is 0 Å². The molecule has 122 valence electrons. The van der Waals surface area contributed by atoms with Crippen LogP contribution in [0, 0.1) is 13.8 Å². The largest absolute Gasteiger partial charge is 0.315 e. The van der Waals surface area contributed by atoms with Crippen LogP contribution in [0.1, 0.15) is 38.1 Å². The van der Waals surface area contributed by atoms with Crippen molar-refractivity contribution in [2.75, 3.05) is 26.7 Å². The van der Waals surface area contributed by atoms with E-state index < -0.39 is 10.0 Å². The highest BCUT2D eigenvalue weighted by molar-refractivity contribution is 7.89. The standard InChI is InChI=1S/C14H28N4O2S/c1-6-8-15-9-11-18-13(4)14(12(3)16-18)21(19,20)17(5)10-7-2/h15H,6-11H2,1-5H3. The molecule has 0 bridgehead atoms. The van der Waals surface area contributed by atoms with Crippen LogP contribution in [-0.2, 0) is 16.6 Å². The smallest absolute Gasteiger partial charge is 0.246 e. The van der Waals surface area contributed by atoms with Gasteiger partial charge in [0.2, 0.25) is 10.0 Å². The van der Waals surface area contributed by atoms with Crippen molar-refractivity contribution >= 4 is 10.0 Å². The number of sulfonamides is 1. The van der Waals surface area contributed by atoms with Crippen LogP contribution < -0.4 is 5.32 Å². The fourth-order valence-electron chi connectivity index (χ4n) is 2.35. The van der Waals surface area contributed by atoms with Gasteiger partial charge in [-0.25, -0.2) is 12.7 Å². The van der Waals surface area contributed by atoms with Crippen LogP contribution in [0.25, 0.3) is 0 Å². The molecule has 1 aromatic rings. The van der Waals surface area contributed by atoms with Crippen molar-refractivity contribution in [2.45, 2.75) is 52.0 Å². The van der Waals surface area contributed by atoms with Gasteiger partial charge in [0.1, 0.15) is 4.90 Å². The molecule has 0 unspecified atom stereocenters. The summed E-state index contributed by atoms with van der Waals surface area (Å²) in [6.07, 6.45) is 1.88. The molecule has 0 saturated carbocycles. The lowest BCUT2D eigenvalue weighted by atomic mass is 10.4. The van der Waals surface area contributed by atoms with Crippen molar-refractivity contribution in [3.63, 3.8) is 0 Å². The highest BCUT2D eigenvalue weighted by Gasteiger charge is 2.28. The van der Waals surface area contributed by atoms with Gasteiger partial charge in [-0.2, -0.15) is 5.10 Å². The summed E-state index contributed by atoms with van der Waals surface area (Å²) in [4.78, 5) is 0.356. The van der Waals surface area contributed by atoms with Gasteiger partial charge in [-0.1, -0.05) is 13.8 Å². The van der Waals surface area contributed by atoms with Gasteiger partial charge >= 0.3 is 0 Å². The lowest BCUT2D eigenvalue weighted by Gasteiger charge is -2.16. The quantitative estimate of drug-likeness (QED) is 0.702. The lowest BCUT2D eigenvalue weighted by Crippen LogP contribution is -2.28. The van der Waals surface area contributed by atoms with Crippen LogP contribution in [0.4, 0.5) is 0 Å². The van der Waals surface area contributed by atoms with Gasteiger partial charge in [0, 0.05) is 20.1 Å². The molecule has 0 aliphatic heterocycles. The summed E-state index contributed by atoms with van der Waals surface area (Å²) >= 11 is 0. The van der Waals surface area contributed by atoms with E-state index in [-0.39, 0.29) is 0 Å². The first kappa shape index (κ1) is 18.1. The first-order valence-electron chi connectivity index (χ1n) is 7.57. The first-order valence-corrected chi connectivity index (χ1v) is 9.01. The molecule has 0 fully saturated rings. The normalized spacial score (nSPS) is 12.3. The van der Waals surface area contributed by atoms with E-state index in [1.54, 1.807) is 18.7 Å². The van der Waals surface area contributed by atoms with Crippen molar-refractivity contribution in [1.82, 2.24) is 19.4 Å². The van der Waals surface area contributed by atoms with Gasteiger partial charge in [-0.15, -0.1) is 0 Å². The average Bonchev–Trinajstić information content (AvgIpc) is 2.70. The molecular weight excluding hydrogens is 288 g/mol. The van der Waals surface area contributed by atoms with E-state index in [4.69, 9.17) is 0 Å². The molecule has 7 heteroatoms. The highest BCUT2D eigenvalue weighted by atomic mass is 32.2. The summed E-state index contributed by atoms with van der Waals surface area (Å²) in [5, 5.41) is 7.69. The van der Waals surface area contributed by atoms with Crippen LogP contribution in [-0.4, -0.2) is 49.2 Å². The predicted octanol–water partition coefficient (Wildman–Crippen LogP) is 1.53. The van der Waals surface area contributed by atoms with Crippen LogP contribution in [0.3, 0.4) is 0 Å². The minimum absolute atomic E-state index is 0.356. The molecular formula is C14H28N4O2S. The Morgan fingerprint density at radius 2 is 1.86 bits per heavy atom. The molecule has 0 aromatic carbocycles. The number of nitrogens with one attached hydrogen (secondary N) is 1. The number of nitrogens with zero attached hydrogens (tertiary/aromatic N) is 3. The number of aromatic nitrogens is 2. The van der Waals surface area contributed by atoms with Gasteiger partial charge in [-0.3, -0.25) is 4.68 Å². The summed E-state index contributed by atoms with van der Waals surface area (Å²) in [7, 11) is -1.82. The second-order valence-corrected chi connectivity index (χ2v) is 7.28. The minimum atomic E-state index is -3.45. The summed E-state index contributed by atoms with van der Waals surface area (Å²) in [5.41, 5.74) is 1.29. The third kappa shape index (κ3) is 4.28. The summed E-state index contributed by atoms with van der Waals surface area (Å²) < 4.78 is 28.4. The van der Waals surface area contributed by atoms with E-state index >= 15 is 0 Å². The molecule has 1 aromatic heterocycles. The Hall–Kier alpha value is -0.920. The predicted molar refractivity (Wildman–Crippen MR) is 85.0 cm³/mol. The Bertz CT molecular complexity index is 552. The fourth-order valence-corrected chi connectivity index (χ4v) is 3.98. The van der Waals surface area contributed by atoms with Crippen LogP contribution in [0.5, 0.6) is 0 Å². The molecule has 0 radical (unpaired) electrons. The monoisotopic (exact) mass is 316 g/mol. The van der Waals surface area contributed by atoms with E-state index in [0.717, 1.165) is 25.9 Å². The summed E-state index contributed by atoms with van der Waals surface area (Å²) in [5.74, 6) is 0. The molecule has 0 aliphatic carbocycles. The van der Waals surface area contributed by atoms with E-state index in [1.807, 2.05) is 13.8 Å². The Kier molecular flexibility index (Phi) is 6.83. The van der Waals surface area contributed by atoms with Crippen molar-refractivity contribution in [3.05, 3.63) is 11.4 Å². The van der Waals surface area contributed by atoms with Crippen LogP contribution in [0.2, 0.25) is 0 Å². The Labute approximate surface area is 128 Å². The Morgan fingerprint density at radius 1 is 1.19 bits per heavy atom. The first-order chi connectivity index (χ1) is 9.86. The second kappa shape index (κ2) is 7.91. The average molecular weight is 316 g/mol. The van der Waals surface area contributed by atoms with Gasteiger partial charge < -0.3 is 5.32 Å². The second-order valence-electron chi connectivity index (χ2n) is 5.30. The number of hydrogen-bond acceptors (Lipinski definition) is 4. The Balaban J connectivity index is 2.96. The molecule has 1 heterocycles. The maximum absolute atomic E-state index is 12.6. The zero-order valence-electron chi connectivity index (χ0n) is 13.8. The van der Waals surface area contributed by atoms with Gasteiger partial charge in [0.15, 0.2) is 0 Å². The van der Waals surface area contributed by atoms with Crippen molar-refractivity contribution < 1.29 is 8.42 Å². The molecule has 0 aliphatic rings. The van der Waals surface area contributed by atoms with Gasteiger partial charge in [0.25, 0.3) is 0 Å². The number of rotatable bonds is 9. The SMILES string of the molecule is CCCNCCn1nc(C)c(S(=O)(=O)N(C)CCC)c1C. The zero-order chi connectivity index (χ0) is 16.0. The van der Waals surface area contributed by atoms with Crippen molar-refractivity contribution in [1.29, 1.82) is 0 Å². The van der Waals surface area contributed by atoms with E-state index in [1.165, 1.54) is 4.31 Å². The maximum atomic E-state index is 12.6. The lowest BCUT2D eigenvalue weighted by molar-refractivity contribution is 0.467. The maximum Gasteiger partial charge on any atom is 0.246 e. The highest BCUT2D eigenvalue weighted by Crippen LogP contribution is 2.22. The molecule has 0 saturated heterocycles. The number of aryl methyl sites for hydroxylation is 1. The molecule has 1 rings (SSSR count). The van der Waals surface area contributed by atoms with E-state index in [2.05, 4.69) is 17.3 Å². The minimum Gasteiger partial charge on any atom is -0.315 e. The third-order valence-electron chi connectivity index (χ3n) is 3.45. The topological polar surface area (TPSA) is 67.2 Å². The van der Waals surface area contributed by atoms with Crippen LogP contribution in [0.15, 0.2) is 4.90 Å². The van der Waals surface area contributed by atoms with Gasteiger partial charge in [0.05, 0.1) is 17.9 Å². The van der Waals surface area contributed by atoms with Crippen molar-refractivity contribution in [3.8, 4) is 0 Å². The van der Waals surface area contributed by atoms with E-state index in [9.17, 15) is 8.42 Å². The van der Waals surface area contributed by atoms with Crippen molar-refractivity contribution in [2.24, 2.45) is 0 Å². The molecule has 0 atom stereocenters. The molecule has 21 heavy (non-hydrogen) atoms. The third-order valence-corrected chi connectivity index (χ3v) is 5.56. The number of hydrogen-bond donors (Lipinski definition) is 1. The molecule has 0 amide bonds. The Morgan fingerprint density at radius 3 is 2.43 bits per heavy atom.